The summed E-state index contributed by atoms with van der Waals surface area (Å²) < 4.78 is 2.31. The second kappa shape index (κ2) is 7.14. The quantitative estimate of drug-likeness (QED) is 0.807. The van der Waals surface area contributed by atoms with E-state index in [1.165, 1.54) is 25.7 Å². The summed E-state index contributed by atoms with van der Waals surface area (Å²) in [6.45, 7) is 8.47. The van der Waals surface area contributed by atoms with E-state index in [9.17, 15) is 5.11 Å². The van der Waals surface area contributed by atoms with E-state index in [1.807, 2.05) is 20.8 Å². The van der Waals surface area contributed by atoms with Crippen LogP contribution in [-0.4, -0.2) is 31.2 Å². The lowest BCUT2D eigenvalue weighted by Crippen LogP contribution is -2.30. The lowest BCUT2D eigenvalue weighted by molar-refractivity contribution is 0.0571. The molecule has 1 saturated carbocycles. The fraction of sp³-hybridized carbons (Fsp3) is 0.875. The monoisotopic (exact) mass is 311 g/mol. The van der Waals surface area contributed by atoms with E-state index in [0.717, 1.165) is 29.7 Å². The van der Waals surface area contributed by atoms with Crippen molar-refractivity contribution in [3.63, 3.8) is 0 Å². The van der Waals surface area contributed by atoms with Gasteiger partial charge in [0.1, 0.15) is 5.82 Å². The molecule has 1 heterocycles. The molecule has 2 unspecified atom stereocenters. The van der Waals surface area contributed by atoms with Crippen LogP contribution in [0.1, 0.15) is 71.2 Å². The van der Waals surface area contributed by atoms with Crippen molar-refractivity contribution < 1.29 is 5.11 Å². The Balaban J connectivity index is 2.11. The molecule has 0 bridgehead atoms. The highest BCUT2D eigenvalue weighted by atomic mass is 32.2. The molecule has 21 heavy (non-hydrogen) atoms. The highest BCUT2D eigenvalue weighted by molar-refractivity contribution is 7.99. The fourth-order valence-electron chi connectivity index (χ4n) is 3.16. The zero-order valence-electron chi connectivity index (χ0n) is 13.8. The summed E-state index contributed by atoms with van der Waals surface area (Å²) in [7, 11) is 0. The van der Waals surface area contributed by atoms with Crippen LogP contribution in [0.2, 0.25) is 0 Å². The first-order chi connectivity index (χ1) is 9.99. The lowest BCUT2D eigenvalue weighted by atomic mass is 9.87. The molecule has 120 valence electrons. The van der Waals surface area contributed by atoms with Crippen molar-refractivity contribution in [3.8, 4) is 0 Å². The second-order valence-corrected chi connectivity index (χ2v) is 7.49. The van der Waals surface area contributed by atoms with E-state index in [1.54, 1.807) is 11.8 Å². The first-order valence-electron chi connectivity index (χ1n) is 8.25. The second-order valence-electron chi connectivity index (χ2n) is 6.55. The summed E-state index contributed by atoms with van der Waals surface area (Å²) in [5.74, 6) is 2.49. The van der Waals surface area contributed by atoms with Gasteiger partial charge in [0.25, 0.3) is 0 Å². The summed E-state index contributed by atoms with van der Waals surface area (Å²) in [5, 5.41) is 20.1. The van der Waals surface area contributed by atoms with Gasteiger partial charge in [-0.2, -0.15) is 0 Å². The number of aromatic nitrogens is 3. The number of hydrogen-bond donors (Lipinski definition) is 1. The van der Waals surface area contributed by atoms with Crippen LogP contribution in [0.4, 0.5) is 0 Å². The van der Waals surface area contributed by atoms with E-state index in [4.69, 9.17) is 0 Å². The minimum absolute atomic E-state index is 0.530. The summed E-state index contributed by atoms with van der Waals surface area (Å²) in [6.07, 6.45) is 6.64. The van der Waals surface area contributed by atoms with Gasteiger partial charge in [0, 0.05) is 11.8 Å². The average molecular weight is 311 g/mol. The van der Waals surface area contributed by atoms with Crippen LogP contribution < -0.4 is 0 Å². The largest absolute Gasteiger partial charge is 0.389 e. The standard InChI is InChI=1S/C16H29N3OS/c1-5-16(20,6-2)11-21-15-18-17-13(4)19(15)14-9-7-8-12(3)10-14/h12,14,20H,5-11H2,1-4H3. The van der Waals surface area contributed by atoms with Crippen LogP contribution in [0.3, 0.4) is 0 Å². The molecule has 1 fully saturated rings. The third-order valence-corrected chi connectivity index (χ3v) is 6.11. The Morgan fingerprint density at radius 1 is 1.29 bits per heavy atom. The molecule has 4 nitrogen and oxygen atoms in total. The van der Waals surface area contributed by atoms with Crippen molar-refractivity contribution in [1.82, 2.24) is 14.8 Å². The molecule has 0 aliphatic heterocycles. The van der Waals surface area contributed by atoms with Gasteiger partial charge in [-0.1, -0.05) is 45.4 Å². The van der Waals surface area contributed by atoms with Gasteiger partial charge in [0.15, 0.2) is 5.16 Å². The van der Waals surface area contributed by atoms with Crippen molar-refractivity contribution in [2.45, 2.75) is 83.0 Å². The summed E-state index contributed by atoms with van der Waals surface area (Å²) >= 11 is 1.66. The van der Waals surface area contributed by atoms with Gasteiger partial charge in [-0.05, 0) is 38.5 Å². The molecule has 0 saturated heterocycles. The Morgan fingerprint density at radius 3 is 2.62 bits per heavy atom. The van der Waals surface area contributed by atoms with Gasteiger partial charge < -0.3 is 9.67 Å². The molecule has 0 aromatic carbocycles. The highest BCUT2D eigenvalue weighted by Crippen LogP contribution is 2.36. The maximum absolute atomic E-state index is 10.5. The van der Waals surface area contributed by atoms with Crippen molar-refractivity contribution in [2.24, 2.45) is 5.92 Å². The van der Waals surface area contributed by atoms with Crippen LogP contribution in [0.15, 0.2) is 5.16 Å². The molecule has 1 aliphatic rings. The zero-order chi connectivity index (χ0) is 15.5. The van der Waals surface area contributed by atoms with E-state index >= 15 is 0 Å². The maximum atomic E-state index is 10.5. The number of nitrogens with zero attached hydrogens (tertiary/aromatic N) is 3. The summed E-state index contributed by atoms with van der Waals surface area (Å²) in [4.78, 5) is 0. The fourth-order valence-corrected chi connectivity index (χ4v) is 4.48. The third kappa shape index (κ3) is 4.01. The molecular weight excluding hydrogens is 282 g/mol. The number of hydrogen-bond acceptors (Lipinski definition) is 4. The van der Waals surface area contributed by atoms with E-state index in [0.29, 0.717) is 11.8 Å². The van der Waals surface area contributed by atoms with E-state index < -0.39 is 5.60 Å². The SMILES string of the molecule is CCC(O)(CC)CSc1nnc(C)n1C1CCCC(C)C1. The van der Waals surface area contributed by atoms with Crippen molar-refractivity contribution in [2.75, 3.05) is 5.75 Å². The minimum atomic E-state index is -0.588. The van der Waals surface area contributed by atoms with Gasteiger partial charge in [-0.3, -0.25) is 0 Å². The molecule has 0 spiro atoms. The number of rotatable bonds is 6. The van der Waals surface area contributed by atoms with Gasteiger partial charge in [0.05, 0.1) is 5.60 Å². The van der Waals surface area contributed by atoms with Crippen LogP contribution in [0.5, 0.6) is 0 Å². The maximum Gasteiger partial charge on any atom is 0.191 e. The molecule has 1 N–H and O–H groups in total. The molecule has 1 aromatic heterocycles. The lowest BCUT2D eigenvalue weighted by Gasteiger charge is -2.30. The smallest absolute Gasteiger partial charge is 0.191 e. The van der Waals surface area contributed by atoms with Gasteiger partial charge in [0.2, 0.25) is 0 Å². The Bertz CT molecular complexity index is 456. The Hall–Kier alpha value is -0.550. The Labute approximate surface area is 132 Å². The molecule has 2 atom stereocenters. The van der Waals surface area contributed by atoms with Gasteiger partial charge in [-0.25, -0.2) is 0 Å². The molecule has 1 aromatic rings. The third-order valence-electron chi connectivity index (χ3n) is 4.90. The van der Waals surface area contributed by atoms with Gasteiger partial charge >= 0.3 is 0 Å². The Morgan fingerprint density at radius 2 is 2.00 bits per heavy atom. The van der Waals surface area contributed by atoms with Crippen molar-refractivity contribution in [1.29, 1.82) is 0 Å². The topological polar surface area (TPSA) is 50.9 Å². The Kier molecular flexibility index (Phi) is 5.72. The van der Waals surface area contributed by atoms with E-state index in [2.05, 4.69) is 21.7 Å². The van der Waals surface area contributed by atoms with Crippen molar-refractivity contribution in [3.05, 3.63) is 5.82 Å². The van der Waals surface area contributed by atoms with Crippen LogP contribution in [0.25, 0.3) is 0 Å². The number of aliphatic hydroxyl groups is 1. The number of aryl methyl sites for hydroxylation is 1. The molecule has 0 amide bonds. The predicted octanol–water partition coefficient (Wildman–Crippen LogP) is 3.98. The highest BCUT2D eigenvalue weighted by Gasteiger charge is 2.27. The normalized spacial score (nSPS) is 23.5. The molecule has 5 heteroatoms. The summed E-state index contributed by atoms with van der Waals surface area (Å²) in [5.41, 5.74) is -0.588. The van der Waals surface area contributed by atoms with Crippen LogP contribution >= 0.6 is 11.8 Å². The predicted molar refractivity (Wildman–Crippen MR) is 87.7 cm³/mol. The first kappa shape index (κ1) is 16.8. The van der Waals surface area contributed by atoms with Gasteiger partial charge in [-0.15, -0.1) is 10.2 Å². The average Bonchev–Trinajstić information content (AvgIpc) is 2.86. The van der Waals surface area contributed by atoms with E-state index in [-0.39, 0.29) is 0 Å². The zero-order valence-corrected chi connectivity index (χ0v) is 14.6. The minimum Gasteiger partial charge on any atom is -0.389 e. The van der Waals surface area contributed by atoms with Crippen LogP contribution in [0, 0.1) is 12.8 Å². The number of thioether (sulfide) groups is 1. The van der Waals surface area contributed by atoms with Crippen LogP contribution in [-0.2, 0) is 0 Å². The summed E-state index contributed by atoms with van der Waals surface area (Å²) in [6, 6.07) is 0.530. The van der Waals surface area contributed by atoms with Crippen molar-refractivity contribution >= 4 is 11.8 Å². The molecule has 2 rings (SSSR count). The molecule has 1 aliphatic carbocycles. The first-order valence-corrected chi connectivity index (χ1v) is 9.24. The molecule has 0 radical (unpaired) electrons. The molecular formula is C16H29N3OS.